The number of ether oxygens (including phenoxy) is 2. The van der Waals surface area contributed by atoms with Crippen LogP contribution in [0.25, 0.3) is 0 Å². The highest BCUT2D eigenvalue weighted by Gasteiger charge is 2.30. The lowest BCUT2D eigenvalue weighted by atomic mass is 10.2. The third-order valence-electron chi connectivity index (χ3n) is 4.50. The minimum atomic E-state index is -3.63. The van der Waals surface area contributed by atoms with Gasteiger partial charge in [0.1, 0.15) is 16.4 Å². The second-order valence-electron chi connectivity index (χ2n) is 6.83. The van der Waals surface area contributed by atoms with Crippen molar-refractivity contribution >= 4 is 10.0 Å². The summed E-state index contributed by atoms with van der Waals surface area (Å²) in [5.74, 6) is 0.969. The van der Waals surface area contributed by atoms with Gasteiger partial charge in [0.2, 0.25) is 10.0 Å². The summed E-state index contributed by atoms with van der Waals surface area (Å²) in [5.41, 5.74) is 0. The summed E-state index contributed by atoms with van der Waals surface area (Å²) in [7, 11) is -2.06. The molecule has 6 heteroatoms. The van der Waals surface area contributed by atoms with Gasteiger partial charge in [-0.25, -0.2) is 8.42 Å². The van der Waals surface area contributed by atoms with E-state index in [1.54, 1.807) is 29.6 Å². The van der Waals surface area contributed by atoms with Crippen LogP contribution in [0.15, 0.2) is 35.2 Å². The number of allylic oxidation sites excluding steroid dienone is 2. The van der Waals surface area contributed by atoms with E-state index in [0.29, 0.717) is 24.7 Å². The predicted molar refractivity (Wildman–Crippen MR) is 104 cm³/mol. The molecular formula is C20H31NO4S. The quantitative estimate of drug-likeness (QED) is 0.713. The maximum atomic E-state index is 13.3. The third-order valence-corrected chi connectivity index (χ3v) is 6.62. The maximum Gasteiger partial charge on any atom is 0.246 e. The van der Waals surface area contributed by atoms with Gasteiger partial charge in [-0.15, -0.1) is 0 Å². The van der Waals surface area contributed by atoms with Crippen LogP contribution in [0.1, 0.15) is 52.4 Å². The van der Waals surface area contributed by atoms with Gasteiger partial charge in [0.05, 0.1) is 13.7 Å². The van der Waals surface area contributed by atoms with Crippen molar-refractivity contribution in [3.05, 3.63) is 30.4 Å². The lowest BCUT2D eigenvalue weighted by Gasteiger charge is -2.27. The van der Waals surface area contributed by atoms with Crippen molar-refractivity contribution in [1.82, 2.24) is 4.31 Å². The molecule has 0 fully saturated rings. The van der Waals surface area contributed by atoms with Crippen molar-refractivity contribution in [3.8, 4) is 11.5 Å². The van der Waals surface area contributed by atoms with E-state index in [-0.39, 0.29) is 10.9 Å². The zero-order valence-electron chi connectivity index (χ0n) is 16.1. The van der Waals surface area contributed by atoms with Crippen molar-refractivity contribution in [3.63, 3.8) is 0 Å². The van der Waals surface area contributed by atoms with Crippen LogP contribution in [0.4, 0.5) is 0 Å². The van der Waals surface area contributed by atoms with Gasteiger partial charge >= 0.3 is 0 Å². The van der Waals surface area contributed by atoms with Crippen LogP contribution < -0.4 is 9.47 Å². The highest BCUT2D eigenvalue weighted by molar-refractivity contribution is 7.89. The fraction of sp³-hybridized carbons (Fsp3) is 0.600. The van der Waals surface area contributed by atoms with Crippen molar-refractivity contribution in [2.75, 3.05) is 20.3 Å². The highest BCUT2D eigenvalue weighted by atomic mass is 32.2. The molecule has 0 N–H and O–H groups in total. The average molecular weight is 382 g/mol. The summed E-state index contributed by atoms with van der Waals surface area (Å²) >= 11 is 0. The first-order valence-corrected chi connectivity index (χ1v) is 10.9. The molecule has 0 spiro atoms. The fourth-order valence-electron chi connectivity index (χ4n) is 3.04. The van der Waals surface area contributed by atoms with Gasteiger partial charge in [-0.3, -0.25) is 0 Å². The normalized spacial score (nSPS) is 21.1. The van der Waals surface area contributed by atoms with E-state index in [2.05, 4.69) is 12.2 Å². The number of hydrogen-bond acceptors (Lipinski definition) is 4. The van der Waals surface area contributed by atoms with Crippen LogP contribution >= 0.6 is 0 Å². The van der Waals surface area contributed by atoms with Gasteiger partial charge in [-0.2, -0.15) is 4.31 Å². The Morgan fingerprint density at radius 3 is 2.42 bits per heavy atom. The number of sulfonamides is 1. The number of fused-ring (bicyclic) bond motifs is 1. The summed E-state index contributed by atoms with van der Waals surface area (Å²) in [6.45, 7) is 4.83. The van der Waals surface area contributed by atoms with E-state index in [1.807, 2.05) is 13.8 Å². The second-order valence-corrected chi connectivity index (χ2v) is 8.69. The number of hydrogen-bond donors (Lipinski definition) is 0. The van der Waals surface area contributed by atoms with Gasteiger partial charge in [-0.05, 0) is 64.5 Å². The molecule has 0 unspecified atom stereocenters. The topological polar surface area (TPSA) is 55.8 Å². The average Bonchev–Trinajstić information content (AvgIpc) is 2.61. The van der Waals surface area contributed by atoms with Crippen LogP contribution in [0.3, 0.4) is 0 Å². The number of benzene rings is 1. The first-order chi connectivity index (χ1) is 12.5. The lowest BCUT2D eigenvalue weighted by Crippen LogP contribution is -2.37. The molecule has 1 aromatic carbocycles. The minimum absolute atomic E-state index is 0.110. The van der Waals surface area contributed by atoms with E-state index in [0.717, 1.165) is 38.5 Å². The number of rotatable bonds is 2. The van der Waals surface area contributed by atoms with Crippen LogP contribution in [0, 0.1) is 0 Å². The Morgan fingerprint density at radius 1 is 1.08 bits per heavy atom. The van der Waals surface area contributed by atoms with Crippen LogP contribution in [0.5, 0.6) is 11.5 Å². The summed E-state index contributed by atoms with van der Waals surface area (Å²) in [6.07, 6.45) is 10.2. The summed E-state index contributed by atoms with van der Waals surface area (Å²) < 4.78 is 39.3. The highest BCUT2D eigenvalue weighted by Crippen LogP contribution is 2.32. The van der Waals surface area contributed by atoms with Crippen LogP contribution in [0.2, 0.25) is 0 Å². The summed E-state index contributed by atoms with van der Waals surface area (Å²) in [6, 6.07) is 4.83. The van der Waals surface area contributed by atoms with Crippen molar-refractivity contribution in [2.45, 2.75) is 63.3 Å². The molecule has 0 atom stereocenters. The molecule has 1 aliphatic heterocycles. The summed E-state index contributed by atoms with van der Waals surface area (Å²) in [4.78, 5) is 0.222. The van der Waals surface area contributed by atoms with E-state index in [9.17, 15) is 8.42 Å². The zero-order chi connectivity index (χ0) is 19.0. The van der Waals surface area contributed by atoms with E-state index >= 15 is 0 Å². The Balaban J connectivity index is 2.38. The minimum Gasteiger partial charge on any atom is -0.497 e. The molecule has 2 rings (SSSR count). The maximum absolute atomic E-state index is 13.3. The van der Waals surface area contributed by atoms with Crippen LogP contribution in [-0.4, -0.2) is 39.0 Å². The Bertz CT molecular complexity index is 698. The lowest BCUT2D eigenvalue weighted by molar-refractivity contribution is 0.294. The first kappa shape index (κ1) is 20.8. The molecule has 0 amide bonds. The molecule has 0 bridgehead atoms. The van der Waals surface area contributed by atoms with Gasteiger partial charge in [0.15, 0.2) is 0 Å². The second kappa shape index (κ2) is 9.97. The van der Waals surface area contributed by atoms with Gasteiger partial charge in [-0.1, -0.05) is 12.2 Å². The summed E-state index contributed by atoms with van der Waals surface area (Å²) in [5, 5.41) is 0. The smallest absolute Gasteiger partial charge is 0.246 e. The molecule has 1 aliphatic rings. The molecule has 0 saturated carbocycles. The Hall–Kier alpha value is -1.53. The predicted octanol–water partition coefficient (Wildman–Crippen LogP) is 4.38. The Kier molecular flexibility index (Phi) is 7.97. The van der Waals surface area contributed by atoms with E-state index < -0.39 is 10.0 Å². The van der Waals surface area contributed by atoms with Gasteiger partial charge in [0, 0.05) is 18.7 Å². The number of nitrogens with zero attached hydrogens (tertiary/aromatic N) is 1. The van der Waals surface area contributed by atoms with E-state index in [1.165, 1.54) is 0 Å². The molecule has 0 aliphatic carbocycles. The third kappa shape index (κ3) is 5.48. The number of methoxy groups -OCH3 is 1. The molecule has 1 heterocycles. The Morgan fingerprint density at radius 2 is 1.77 bits per heavy atom. The molecule has 26 heavy (non-hydrogen) atoms. The SMILES string of the molecule is COc1ccc2c(c1)OCCCC/C=C/CCCCN(C(C)C)S2(=O)=O. The molecule has 146 valence electrons. The molecule has 0 radical (unpaired) electrons. The monoisotopic (exact) mass is 381 g/mol. The van der Waals surface area contributed by atoms with Gasteiger partial charge in [0.25, 0.3) is 0 Å². The van der Waals surface area contributed by atoms with E-state index in [4.69, 9.17) is 9.47 Å². The molecule has 1 aromatic rings. The zero-order valence-corrected chi connectivity index (χ0v) is 16.9. The van der Waals surface area contributed by atoms with Gasteiger partial charge < -0.3 is 9.47 Å². The largest absolute Gasteiger partial charge is 0.497 e. The van der Waals surface area contributed by atoms with Crippen molar-refractivity contribution in [2.24, 2.45) is 0 Å². The molecule has 0 saturated heterocycles. The Labute approximate surface area is 158 Å². The first-order valence-electron chi connectivity index (χ1n) is 9.44. The van der Waals surface area contributed by atoms with Crippen LogP contribution in [-0.2, 0) is 10.0 Å². The molecular weight excluding hydrogens is 350 g/mol. The molecule has 0 aromatic heterocycles. The fourth-order valence-corrected chi connectivity index (χ4v) is 4.82. The van der Waals surface area contributed by atoms with Crippen molar-refractivity contribution < 1.29 is 17.9 Å². The van der Waals surface area contributed by atoms with Crippen molar-refractivity contribution in [1.29, 1.82) is 0 Å². The standard InChI is InChI=1S/C20H31NO4S/c1-17(2)21-14-10-8-6-4-5-7-9-11-15-25-19-16-18(24-3)12-13-20(19)26(21,22)23/h4-5,12-13,16-17H,6-11,14-15H2,1-3H3/b5-4+. The molecule has 5 nitrogen and oxygen atoms in total.